The van der Waals surface area contributed by atoms with Crippen LogP contribution < -0.4 is 24.8 Å². The SMILES string of the molecule is CCOc1c(OC)cc(CNC(=NC)NCCc2cccs2)cc1OC. The highest BCUT2D eigenvalue weighted by molar-refractivity contribution is 7.09. The van der Waals surface area contributed by atoms with Gasteiger partial charge in [0.2, 0.25) is 5.75 Å². The van der Waals surface area contributed by atoms with Crippen LogP contribution in [0, 0.1) is 0 Å². The van der Waals surface area contributed by atoms with Crippen molar-refractivity contribution < 1.29 is 14.2 Å². The van der Waals surface area contributed by atoms with Crippen molar-refractivity contribution in [2.45, 2.75) is 19.9 Å². The minimum Gasteiger partial charge on any atom is -0.493 e. The van der Waals surface area contributed by atoms with E-state index in [1.54, 1.807) is 32.6 Å². The Morgan fingerprint density at radius 2 is 1.88 bits per heavy atom. The van der Waals surface area contributed by atoms with Crippen LogP contribution in [-0.4, -0.2) is 40.4 Å². The molecular weight excluding hydrogens is 350 g/mol. The van der Waals surface area contributed by atoms with E-state index in [-0.39, 0.29) is 0 Å². The van der Waals surface area contributed by atoms with Gasteiger partial charge in [0.25, 0.3) is 0 Å². The lowest BCUT2D eigenvalue weighted by Gasteiger charge is -2.16. The van der Waals surface area contributed by atoms with E-state index >= 15 is 0 Å². The van der Waals surface area contributed by atoms with Crippen LogP contribution in [0.25, 0.3) is 0 Å². The van der Waals surface area contributed by atoms with Crippen molar-refractivity contribution in [3.05, 3.63) is 40.1 Å². The van der Waals surface area contributed by atoms with Gasteiger partial charge in [0.05, 0.1) is 20.8 Å². The molecule has 2 aromatic rings. The van der Waals surface area contributed by atoms with Crippen LogP contribution in [0.3, 0.4) is 0 Å². The summed E-state index contributed by atoms with van der Waals surface area (Å²) in [5.74, 6) is 2.69. The summed E-state index contributed by atoms with van der Waals surface area (Å²) in [7, 11) is 5.01. The first kappa shape index (κ1) is 19.9. The molecule has 0 aliphatic rings. The second-order valence-electron chi connectivity index (χ2n) is 5.44. The van der Waals surface area contributed by atoms with Gasteiger partial charge in [-0.25, -0.2) is 0 Å². The third kappa shape index (κ3) is 5.56. The largest absolute Gasteiger partial charge is 0.493 e. The molecule has 7 heteroatoms. The minimum atomic E-state index is 0.547. The number of ether oxygens (including phenoxy) is 3. The predicted molar refractivity (Wildman–Crippen MR) is 107 cm³/mol. The Labute approximate surface area is 159 Å². The van der Waals surface area contributed by atoms with E-state index in [1.807, 2.05) is 19.1 Å². The first-order valence-electron chi connectivity index (χ1n) is 8.56. The lowest BCUT2D eigenvalue weighted by atomic mass is 10.2. The fourth-order valence-electron chi connectivity index (χ4n) is 2.49. The van der Waals surface area contributed by atoms with Crippen molar-refractivity contribution in [3.8, 4) is 17.2 Å². The molecule has 0 unspecified atom stereocenters. The number of methoxy groups -OCH3 is 2. The Kier molecular flexibility index (Phi) is 8.08. The average Bonchev–Trinajstić information content (AvgIpc) is 3.18. The number of thiophene rings is 1. The molecule has 6 nitrogen and oxygen atoms in total. The van der Waals surface area contributed by atoms with Crippen molar-refractivity contribution >= 4 is 17.3 Å². The van der Waals surface area contributed by atoms with Crippen LogP contribution in [0.2, 0.25) is 0 Å². The summed E-state index contributed by atoms with van der Waals surface area (Å²) < 4.78 is 16.5. The third-order valence-electron chi connectivity index (χ3n) is 3.74. The van der Waals surface area contributed by atoms with Gasteiger partial charge < -0.3 is 24.8 Å². The topological polar surface area (TPSA) is 64.1 Å². The van der Waals surface area contributed by atoms with E-state index in [1.165, 1.54) is 4.88 Å². The molecule has 0 aliphatic carbocycles. The van der Waals surface area contributed by atoms with E-state index in [9.17, 15) is 0 Å². The van der Waals surface area contributed by atoms with Gasteiger partial charge in [-0.1, -0.05) is 6.07 Å². The van der Waals surface area contributed by atoms with Crippen LogP contribution >= 0.6 is 11.3 Å². The number of nitrogens with zero attached hydrogens (tertiary/aromatic N) is 1. The summed E-state index contributed by atoms with van der Waals surface area (Å²) in [6.07, 6.45) is 0.975. The van der Waals surface area contributed by atoms with E-state index in [2.05, 4.69) is 33.1 Å². The molecule has 2 rings (SSSR count). The second kappa shape index (κ2) is 10.6. The molecule has 1 heterocycles. The van der Waals surface area contributed by atoms with Gasteiger partial charge in [0.15, 0.2) is 17.5 Å². The van der Waals surface area contributed by atoms with Crippen LogP contribution in [0.15, 0.2) is 34.6 Å². The number of hydrogen-bond donors (Lipinski definition) is 2. The summed E-state index contributed by atoms with van der Waals surface area (Å²) in [5.41, 5.74) is 1.02. The maximum atomic E-state index is 5.63. The highest BCUT2D eigenvalue weighted by Crippen LogP contribution is 2.38. The molecule has 0 radical (unpaired) electrons. The van der Waals surface area contributed by atoms with E-state index in [0.717, 1.165) is 24.5 Å². The Bertz CT molecular complexity index is 677. The summed E-state index contributed by atoms with van der Waals surface area (Å²) in [6, 6.07) is 8.10. The molecule has 0 amide bonds. The second-order valence-corrected chi connectivity index (χ2v) is 6.48. The summed E-state index contributed by atoms with van der Waals surface area (Å²) >= 11 is 1.77. The zero-order valence-corrected chi connectivity index (χ0v) is 16.6. The maximum absolute atomic E-state index is 5.63. The van der Waals surface area contributed by atoms with E-state index in [0.29, 0.717) is 30.4 Å². The zero-order chi connectivity index (χ0) is 18.8. The Hall–Kier alpha value is -2.41. The average molecular weight is 378 g/mol. The molecule has 0 saturated heterocycles. The molecule has 0 bridgehead atoms. The van der Waals surface area contributed by atoms with Gasteiger partial charge in [-0.2, -0.15) is 0 Å². The standard InChI is InChI=1S/C19H27N3O3S/c1-5-25-18-16(23-3)11-14(12-17(18)24-4)13-22-19(20-2)21-9-8-15-7-6-10-26-15/h6-7,10-12H,5,8-9,13H2,1-4H3,(H2,20,21,22). The highest BCUT2D eigenvalue weighted by atomic mass is 32.1. The van der Waals surface area contributed by atoms with Crippen LogP contribution in [0.1, 0.15) is 17.4 Å². The highest BCUT2D eigenvalue weighted by Gasteiger charge is 2.14. The molecule has 1 aromatic heterocycles. The zero-order valence-electron chi connectivity index (χ0n) is 15.8. The number of aliphatic imine (C=N–C) groups is 1. The summed E-state index contributed by atoms with van der Waals surface area (Å²) in [4.78, 5) is 5.62. The quantitative estimate of drug-likeness (QED) is 0.519. The molecule has 142 valence electrons. The molecule has 2 N–H and O–H groups in total. The molecule has 0 fully saturated rings. The Morgan fingerprint density at radius 3 is 2.42 bits per heavy atom. The van der Waals surface area contributed by atoms with Crippen LogP contribution in [0.5, 0.6) is 17.2 Å². The molecule has 0 saturated carbocycles. The normalized spacial score (nSPS) is 11.2. The fourth-order valence-corrected chi connectivity index (χ4v) is 3.20. The number of benzene rings is 1. The number of rotatable bonds is 9. The molecule has 26 heavy (non-hydrogen) atoms. The minimum absolute atomic E-state index is 0.547. The summed E-state index contributed by atoms with van der Waals surface area (Å²) in [6.45, 7) is 3.90. The lowest BCUT2D eigenvalue weighted by Crippen LogP contribution is -2.37. The smallest absolute Gasteiger partial charge is 0.203 e. The third-order valence-corrected chi connectivity index (χ3v) is 4.67. The molecule has 0 spiro atoms. The fraction of sp³-hybridized carbons (Fsp3) is 0.421. The number of nitrogens with one attached hydrogen (secondary N) is 2. The van der Waals surface area contributed by atoms with Crippen molar-refractivity contribution in [1.82, 2.24) is 10.6 Å². The molecule has 1 aromatic carbocycles. The van der Waals surface area contributed by atoms with Crippen molar-refractivity contribution in [2.75, 3.05) is 34.4 Å². The Balaban J connectivity index is 1.95. The van der Waals surface area contributed by atoms with Crippen molar-refractivity contribution in [1.29, 1.82) is 0 Å². The lowest BCUT2D eigenvalue weighted by molar-refractivity contribution is 0.288. The first-order valence-corrected chi connectivity index (χ1v) is 9.44. The van der Waals surface area contributed by atoms with Gasteiger partial charge >= 0.3 is 0 Å². The van der Waals surface area contributed by atoms with Crippen LogP contribution in [-0.2, 0) is 13.0 Å². The number of hydrogen-bond acceptors (Lipinski definition) is 5. The predicted octanol–water partition coefficient (Wildman–Crippen LogP) is 3.07. The first-order chi connectivity index (χ1) is 12.7. The summed E-state index contributed by atoms with van der Waals surface area (Å²) in [5, 5.41) is 8.73. The van der Waals surface area contributed by atoms with Gasteiger partial charge in [-0.3, -0.25) is 4.99 Å². The van der Waals surface area contributed by atoms with Crippen LogP contribution in [0.4, 0.5) is 0 Å². The maximum Gasteiger partial charge on any atom is 0.203 e. The number of guanidine groups is 1. The molecule has 0 aliphatic heterocycles. The molecule has 0 atom stereocenters. The van der Waals surface area contributed by atoms with Gasteiger partial charge in [0, 0.05) is 25.0 Å². The Morgan fingerprint density at radius 1 is 1.15 bits per heavy atom. The van der Waals surface area contributed by atoms with Gasteiger partial charge in [0.1, 0.15) is 0 Å². The van der Waals surface area contributed by atoms with Crippen molar-refractivity contribution in [2.24, 2.45) is 4.99 Å². The monoisotopic (exact) mass is 377 g/mol. The van der Waals surface area contributed by atoms with Gasteiger partial charge in [-0.15, -0.1) is 11.3 Å². The van der Waals surface area contributed by atoms with Gasteiger partial charge in [-0.05, 0) is 42.5 Å². The van der Waals surface area contributed by atoms with Crippen molar-refractivity contribution in [3.63, 3.8) is 0 Å². The van der Waals surface area contributed by atoms with E-state index in [4.69, 9.17) is 14.2 Å². The van der Waals surface area contributed by atoms with E-state index < -0.39 is 0 Å². The molecular formula is C19H27N3O3S.